The number of ether oxygens (including phenoxy) is 1. The Kier molecular flexibility index (Phi) is 5.33. The van der Waals surface area contributed by atoms with E-state index in [1.54, 1.807) is 0 Å². The topological polar surface area (TPSA) is 57.7 Å². The summed E-state index contributed by atoms with van der Waals surface area (Å²) in [7, 11) is 0. The van der Waals surface area contributed by atoms with Crippen molar-refractivity contribution < 1.29 is 9.53 Å². The molecule has 3 heterocycles. The zero-order chi connectivity index (χ0) is 16.1. The number of hydrogen-bond acceptors (Lipinski definition) is 4. The molecule has 0 saturated carbocycles. The Morgan fingerprint density at radius 1 is 1.22 bits per heavy atom. The number of pyridine rings is 1. The van der Waals surface area contributed by atoms with Gasteiger partial charge in [-0.05, 0) is 37.3 Å². The maximum Gasteiger partial charge on any atom is 0.323 e. The van der Waals surface area contributed by atoms with Crippen LogP contribution in [-0.2, 0) is 4.74 Å². The minimum absolute atomic E-state index is 0.0364. The van der Waals surface area contributed by atoms with Crippen molar-refractivity contribution in [1.82, 2.24) is 9.88 Å². The van der Waals surface area contributed by atoms with Gasteiger partial charge in [-0.2, -0.15) is 0 Å². The van der Waals surface area contributed by atoms with E-state index in [1.165, 1.54) is 6.42 Å². The number of urea groups is 1. The quantitative estimate of drug-likeness (QED) is 0.910. The molecule has 0 bridgehead atoms. The third-order valence-corrected chi connectivity index (χ3v) is 4.66. The van der Waals surface area contributed by atoms with Crippen LogP contribution in [0.4, 0.5) is 16.3 Å². The minimum atomic E-state index is -0.0364. The highest BCUT2D eigenvalue weighted by atomic mass is 16.5. The third-order valence-electron chi connectivity index (χ3n) is 4.66. The van der Waals surface area contributed by atoms with Gasteiger partial charge in [-0.25, -0.2) is 9.78 Å². The Labute approximate surface area is 137 Å². The highest BCUT2D eigenvalue weighted by Crippen LogP contribution is 2.19. The maximum atomic E-state index is 12.4. The van der Waals surface area contributed by atoms with Crippen LogP contribution in [0.15, 0.2) is 18.3 Å². The Hall–Kier alpha value is -1.82. The van der Waals surface area contributed by atoms with Gasteiger partial charge < -0.3 is 14.5 Å². The molecule has 0 radical (unpaired) electrons. The number of carbonyl (C=O) groups is 1. The SMILES string of the molecule is CC1CCCN(C(=O)Nc2ccc(N3CCOCC3)cn2)CC1. The molecule has 3 rings (SSSR count). The van der Waals surface area contributed by atoms with Gasteiger partial charge in [-0.1, -0.05) is 6.92 Å². The zero-order valence-corrected chi connectivity index (χ0v) is 13.8. The number of likely N-dealkylation sites (tertiary alicyclic amines) is 1. The van der Waals surface area contributed by atoms with Crippen molar-refractivity contribution in [2.45, 2.75) is 26.2 Å². The minimum Gasteiger partial charge on any atom is -0.378 e. The number of morpholine rings is 1. The van der Waals surface area contributed by atoms with E-state index in [0.717, 1.165) is 57.9 Å². The number of nitrogens with one attached hydrogen (secondary N) is 1. The van der Waals surface area contributed by atoms with Crippen LogP contribution in [0.2, 0.25) is 0 Å². The summed E-state index contributed by atoms with van der Waals surface area (Å²) >= 11 is 0. The number of carbonyl (C=O) groups excluding carboxylic acids is 1. The molecule has 2 aliphatic rings. The summed E-state index contributed by atoms with van der Waals surface area (Å²) < 4.78 is 5.36. The van der Waals surface area contributed by atoms with Crippen LogP contribution in [-0.4, -0.2) is 55.3 Å². The van der Waals surface area contributed by atoms with Crippen molar-refractivity contribution in [1.29, 1.82) is 0 Å². The van der Waals surface area contributed by atoms with Crippen molar-refractivity contribution >= 4 is 17.5 Å². The van der Waals surface area contributed by atoms with Gasteiger partial charge in [-0.3, -0.25) is 5.32 Å². The van der Waals surface area contributed by atoms with Crippen molar-refractivity contribution in [3.8, 4) is 0 Å². The first-order chi connectivity index (χ1) is 11.2. The van der Waals surface area contributed by atoms with E-state index in [-0.39, 0.29) is 6.03 Å². The molecule has 2 fully saturated rings. The molecule has 2 saturated heterocycles. The Morgan fingerprint density at radius 3 is 2.78 bits per heavy atom. The fraction of sp³-hybridized carbons (Fsp3) is 0.647. The maximum absolute atomic E-state index is 12.4. The molecule has 0 aromatic carbocycles. The van der Waals surface area contributed by atoms with Crippen LogP contribution < -0.4 is 10.2 Å². The molecule has 1 aromatic heterocycles. The van der Waals surface area contributed by atoms with Crippen LogP contribution in [0, 0.1) is 5.92 Å². The largest absolute Gasteiger partial charge is 0.378 e. The van der Waals surface area contributed by atoms with Gasteiger partial charge >= 0.3 is 6.03 Å². The van der Waals surface area contributed by atoms with Crippen molar-refractivity contribution in [3.05, 3.63) is 18.3 Å². The average Bonchev–Trinajstić information content (AvgIpc) is 2.81. The van der Waals surface area contributed by atoms with Crippen LogP contribution in [0.3, 0.4) is 0 Å². The summed E-state index contributed by atoms with van der Waals surface area (Å²) in [6, 6.07) is 3.85. The Morgan fingerprint density at radius 2 is 2.04 bits per heavy atom. The van der Waals surface area contributed by atoms with E-state index in [4.69, 9.17) is 4.74 Å². The van der Waals surface area contributed by atoms with Gasteiger partial charge in [0, 0.05) is 26.2 Å². The Bertz CT molecular complexity index is 514. The summed E-state index contributed by atoms with van der Waals surface area (Å²) in [6.07, 6.45) is 5.19. The van der Waals surface area contributed by atoms with E-state index < -0.39 is 0 Å². The predicted molar refractivity (Wildman–Crippen MR) is 90.9 cm³/mol. The fourth-order valence-electron chi connectivity index (χ4n) is 3.12. The summed E-state index contributed by atoms with van der Waals surface area (Å²) in [5.41, 5.74) is 1.08. The lowest BCUT2D eigenvalue weighted by atomic mass is 10.0. The van der Waals surface area contributed by atoms with E-state index in [9.17, 15) is 4.79 Å². The second-order valence-corrected chi connectivity index (χ2v) is 6.45. The molecule has 1 unspecified atom stereocenters. The number of aromatic nitrogens is 1. The molecule has 6 nitrogen and oxygen atoms in total. The van der Waals surface area contributed by atoms with Crippen molar-refractivity contribution in [2.75, 3.05) is 49.6 Å². The zero-order valence-electron chi connectivity index (χ0n) is 13.8. The standard InChI is InChI=1S/C17H26N4O2/c1-14-3-2-7-21(8-6-14)17(22)19-16-5-4-15(13-18-16)20-9-11-23-12-10-20/h4-5,13-14H,2-3,6-12H2,1H3,(H,18,19,22). The van der Waals surface area contributed by atoms with Crippen LogP contribution in [0.25, 0.3) is 0 Å². The molecule has 1 atom stereocenters. The molecule has 6 heteroatoms. The molecular weight excluding hydrogens is 292 g/mol. The van der Waals surface area contributed by atoms with Crippen LogP contribution >= 0.6 is 0 Å². The summed E-state index contributed by atoms with van der Waals surface area (Å²) in [5, 5.41) is 2.92. The van der Waals surface area contributed by atoms with E-state index in [0.29, 0.717) is 11.7 Å². The fourth-order valence-corrected chi connectivity index (χ4v) is 3.12. The molecule has 0 aliphatic carbocycles. The molecule has 126 valence electrons. The molecule has 1 aromatic rings. The van der Waals surface area contributed by atoms with E-state index in [2.05, 4.69) is 22.1 Å². The van der Waals surface area contributed by atoms with Gasteiger partial charge in [0.1, 0.15) is 5.82 Å². The highest BCUT2D eigenvalue weighted by molar-refractivity contribution is 5.88. The van der Waals surface area contributed by atoms with Gasteiger partial charge in [0.15, 0.2) is 0 Å². The number of anilines is 2. The van der Waals surface area contributed by atoms with Gasteiger partial charge in [-0.15, -0.1) is 0 Å². The normalized spacial score (nSPS) is 22.6. The van der Waals surface area contributed by atoms with Crippen LogP contribution in [0.1, 0.15) is 26.2 Å². The molecule has 2 amide bonds. The highest BCUT2D eigenvalue weighted by Gasteiger charge is 2.19. The number of amides is 2. The first-order valence-corrected chi connectivity index (χ1v) is 8.57. The van der Waals surface area contributed by atoms with Crippen LogP contribution in [0.5, 0.6) is 0 Å². The molecular formula is C17H26N4O2. The van der Waals surface area contributed by atoms with Gasteiger partial charge in [0.2, 0.25) is 0 Å². The lowest BCUT2D eigenvalue weighted by Crippen LogP contribution is -2.36. The first-order valence-electron chi connectivity index (χ1n) is 8.57. The Balaban J connectivity index is 1.56. The summed E-state index contributed by atoms with van der Waals surface area (Å²) in [4.78, 5) is 20.9. The molecule has 0 spiro atoms. The smallest absolute Gasteiger partial charge is 0.323 e. The monoisotopic (exact) mass is 318 g/mol. The van der Waals surface area contributed by atoms with Crippen molar-refractivity contribution in [2.24, 2.45) is 5.92 Å². The van der Waals surface area contributed by atoms with E-state index in [1.807, 2.05) is 23.2 Å². The molecule has 1 N–H and O–H groups in total. The third kappa shape index (κ3) is 4.34. The number of rotatable bonds is 2. The average molecular weight is 318 g/mol. The first kappa shape index (κ1) is 16.1. The number of nitrogens with zero attached hydrogens (tertiary/aromatic N) is 3. The lowest BCUT2D eigenvalue weighted by molar-refractivity contribution is 0.122. The van der Waals surface area contributed by atoms with Gasteiger partial charge in [0.25, 0.3) is 0 Å². The summed E-state index contributed by atoms with van der Waals surface area (Å²) in [6.45, 7) is 7.21. The van der Waals surface area contributed by atoms with Crippen molar-refractivity contribution in [3.63, 3.8) is 0 Å². The summed E-state index contributed by atoms with van der Waals surface area (Å²) in [5.74, 6) is 1.32. The molecule has 23 heavy (non-hydrogen) atoms. The second kappa shape index (κ2) is 7.64. The predicted octanol–water partition coefficient (Wildman–Crippen LogP) is 2.57. The lowest BCUT2D eigenvalue weighted by Gasteiger charge is -2.28. The number of hydrogen-bond donors (Lipinski definition) is 1. The second-order valence-electron chi connectivity index (χ2n) is 6.45. The van der Waals surface area contributed by atoms with E-state index >= 15 is 0 Å². The van der Waals surface area contributed by atoms with Gasteiger partial charge in [0.05, 0.1) is 25.1 Å². The molecule has 2 aliphatic heterocycles.